The standard InChI is InChI=1S/C21H14F5N7O/c1-20(21(24,25)26)13-15(27)29-17(30-16(13)31-19(20)34)14-11-6-10(22)7-28-18(11)33(32-14)8-9-4-2-3-5-12(9)23/h2-7H,8H2,1H3,(H3,27,29,30,31,34). The summed E-state index contributed by atoms with van der Waals surface area (Å²) in [5, 5.41) is 6.53. The van der Waals surface area contributed by atoms with Crippen LogP contribution in [-0.2, 0) is 16.8 Å². The Bertz CT molecular complexity index is 1480. The number of amides is 1. The van der Waals surface area contributed by atoms with Gasteiger partial charge in [-0.3, -0.25) is 4.79 Å². The number of carbonyl (C=O) groups is 1. The van der Waals surface area contributed by atoms with Crippen LogP contribution in [0, 0.1) is 11.6 Å². The minimum atomic E-state index is -4.96. The Hall–Kier alpha value is -4.16. The highest BCUT2D eigenvalue weighted by atomic mass is 19.4. The first-order valence-electron chi connectivity index (χ1n) is 9.82. The van der Waals surface area contributed by atoms with Gasteiger partial charge >= 0.3 is 6.18 Å². The van der Waals surface area contributed by atoms with Crippen molar-refractivity contribution in [3.05, 3.63) is 59.3 Å². The van der Waals surface area contributed by atoms with Gasteiger partial charge in [-0.1, -0.05) is 18.2 Å². The number of aromatic nitrogens is 5. The average Bonchev–Trinajstić information content (AvgIpc) is 3.24. The fraction of sp³-hybridized carbons (Fsp3) is 0.190. The van der Waals surface area contributed by atoms with Crippen LogP contribution in [0.5, 0.6) is 0 Å². The fourth-order valence-electron chi connectivity index (χ4n) is 3.88. The van der Waals surface area contributed by atoms with Gasteiger partial charge in [0.15, 0.2) is 16.9 Å². The first-order chi connectivity index (χ1) is 16.0. The zero-order chi connectivity index (χ0) is 24.4. The Labute approximate surface area is 187 Å². The van der Waals surface area contributed by atoms with Crippen molar-refractivity contribution in [2.45, 2.75) is 25.1 Å². The first-order valence-corrected chi connectivity index (χ1v) is 9.82. The van der Waals surface area contributed by atoms with Crippen LogP contribution in [0.2, 0.25) is 0 Å². The molecule has 0 aliphatic carbocycles. The van der Waals surface area contributed by atoms with Crippen molar-refractivity contribution < 1.29 is 26.7 Å². The molecular formula is C21H14F5N7O. The SMILES string of the molecule is CC1(C(F)(F)F)C(=O)Nc2nc(-c3nn(Cc4ccccc4F)c4ncc(F)cc34)nc(N)c21. The van der Waals surface area contributed by atoms with E-state index < -0.39 is 46.3 Å². The summed E-state index contributed by atoms with van der Waals surface area (Å²) in [5.74, 6) is -3.83. The highest BCUT2D eigenvalue weighted by Gasteiger charge is 2.63. The van der Waals surface area contributed by atoms with Gasteiger partial charge in [0.2, 0.25) is 5.91 Å². The largest absolute Gasteiger partial charge is 0.407 e. The number of hydrogen-bond acceptors (Lipinski definition) is 6. The van der Waals surface area contributed by atoms with Gasteiger partial charge in [-0.2, -0.15) is 18.3 Å². The second kappa shape index (κ2) is 7.17. The summed E-state index contributed by atoms with van der Waals surface area (Å²) < 4.78 is 70.6. The highest BCUT2D eigenvalue weighted by Crippen LogP contribution is 2.50. The number of fused-ring (bicyclic) bond motifs is 2. The van der Waals surface area contributed by atoms with Crippen molar-refractivity contribution in [3.63, 3.8) is 0 Å². The average molecular weight is 475 g/mol. The summed E-state index contributed by atoms with van der Waals surface area (Å²) in [5.41, 5.74) is 2.68. The Kier molecular flexibility index (Phi) is 4.57. The Morgan fingerprint density at radius 1 is 1.18 bits per heavy atom. The molecule has 0 fully saturated rings. The molecule has 174 valence electrons. The summed E-state index contributed by atoms with van der Waals surface area (Å²) in [7, 11) is 0. The summed E-state index contributed by atoms with van der Waals surface area (Å²) in [6.45, 7) is 0.608. The molecule has 5 rings (SSSR count). The second-order valence-electron chi connectivity index (χ2n) is 7.86. The summed E-state index contributed by atoms with van der Waals surface area (Å²) >= 11 is 0. The lowest BCUT2D eigenvalue weighted by molar-refractivity contribution is -0.186. The maximum absolute atomic E-state index is 14.2. The van der Waals surface area contributed by atoms with Crippen molar-refractivity contribution in [1.29, 1.82) is 0 Å². The van der Waals surface area contributed by atoms with Crippen LogP contribution in [0.15, 0.2) is 36.5 Å². The van der Waals surface area contributed by atoms with E-state index in [0.717, 1.165) is 12.3 Å². The van der Waals surface area contributed by atoms with Crippen molar-refractivity contribution in [2.75, 3.05) is 11.1 Å². The molecule has 1 aromatic carbocycles. The van der Waals surface area contributed by atoms with E-state index in [1.807, 2.05) is 0 Å². The number of halogens is 5. The maximum atomic E-state index is 14.2. The van der Waals surface area contributed by atoms with Gasteiger partial charge in [-0.25, -0.2) is 28.4 Å². The van der Waals surface area contributed by atoms with Crippen molar-refractivity contribution >= 4 is 28.6 Å². The highest BCUT2D eigenvalue weighted by molar-refractivity contribution is 6.07. The summed E-state index contributed by atoms with van der Waals surface area (Å²) in [6.07, 6.45) is -4.01. The van der Waals surface area contributed by atoms with Gasteiger partial charge in [0.05, 0.1) is 23.7 Å². The van der Waals surface area contributed by atoms with Crippen LogP contribution in [-0.4, -0.2) is 36.8 Å². The lowest BCUT2D eigenvalue weighted by Crippen LogP contribution is -2.45. The third-order valence-corrected chi connectivity index (χ3v) is 5.73. The van der Waals surface area contributed by atoms with E-state index >= 15 is 0 Å². The van der Waals surface area contributed by atoms with Crippen LogP contribution in [0.3, 0.4) is 0 Å². The molecule has 34 heavy (non-hydrogen) atoms. The van der Waals surface area contributed by atoms with E-state index in [0.29, 0.717) is 6.92 Å². The molecule has 0 saturated carbocycles. The van der Waals surface area contributed by atoms with Crippen molar-refractivity contribution in [3.8, 4) is 11.5 Å². The third kappa shape index (κ3) is 3.07. The Morgan fingerprint density at radius 3 is 2.62 bits per heavy atom. The van der Waals surface area contributed by atoms with E-state index in [2.05, 4.69) is 25.4 Å². The predicted molar refractivity (Wildman–Crippen MR) is 110 cm³/mol. The van der Waals surface area contributed by atoms with Crippen molar-refractivity contribution in [2.24, 2.45) is 0 Å². The zero-order valence-electron chi connectivity index (χ0n) is 17.3. The van der Waals surface area contributed by atoms with Gasteiger partial charge < -0.3 is 11.1 Å². The first kappa shape index (κ1) is 21.7. The number of alkyl halides is 3. The zero-order valence-corrected chi connectivity index (χ0v) is 17.3. The lowest BCUT2D eigenvalue weighted by Gasteiger charge is -2.25. The van der Waals surface area contributed by atoms with Crippen LogP contribution < -0.4 is 11.1 Å². The topological polar surface area (TPSA) is 112 Å². The molecule has 4 aromatic rings. The number of pyridine rings is 1. The number of carbonyl (C=O) groups excluding carboxylic acids is 1. The molecule has 3 N–H and O–H groups in total. The second-order valence-corrected chi connectivity index (χ2v) is 7.86. The van der Waals surface area contributed by atoms with E-state index in [9.17, 15) is 26.7 Å². The molecule has 1 aliphatic heterocycles. The number of benzene rings is 1. The molecule has 3 aromatic heterocycles. The van der Waals surface area contributed by atoms with Crippen LogP contribution in [0.4, 0.5) is 33.6 Å². The molecule has 8 nitrogen and oxygen atoms in total. The monoisotopic (exact) mass is 475 g/mol. The molecule has 4 heterocycles. The van der Waals surface area contributed by atoms with Gasteiger partial charge in [-0.05, 0) is 19.1 Å². The maximum Gasteiger partial charge on any atom is 0.407 e. The molecule has 1 aliphatic rings. The van der Waals surface area contributed by atoms with Gasteiger partial charge in [-0.15, -0.1) is 0 Å². The lowest BCUT2D eigenvalue weighted by atomic mass is 9.84. The minimum Gasteiger partial charge on any atom is -0.383 e. The number of nitrogens with two attached hydrogens (primary N) is 1. The van der Waals surface area contributed by atoms with E-state index in [1.165, 1.54) is 22.9 Å². The molecule has 0 saturated heterocycles. The van der Waals surface area contributed by atoms with Gasteiger partial charge in [0.25, 0.3) is 0 Å². The number of nitrogen functional groups attached to an aromatic ring is 1. The predicted octanol–water partition coefficient (Wildman–Crippen LogP) is 3.57. The molecule has 0 bridgehead atoms. The number of hydrogen-bond donors (Lipinski definition) is 2. The summed E-state index contributed by atoms with van der Waals surface area (Å²) in [4.78, 5) is 24.2. The van der Waals surface area contributed by atoms with Crippen LogP contribution in [0.25, 0.3) is 22.6 Å². The smallest absolute Gasteiger partial charge is 0.383 e. The Balaban J connectivity index is 1.69. The van der Waals surface area contributed by atoms with Crippen LogP contribution in [0.1, 0.15) is 18.1 Å². The molecule has 1 unspecified atom stereocenters. The van der Waals surface area contributed by atoms with Crippen molar-refractivity contribution in [1.82, 2.24) is 24.7 Å². The molecule has 13 heteroatoms. The van der Waals surface area contributed by atoms with E-state index in [4.69, 9.17) is 5.73 Å². The molecular weight excluding hydrogens is 461 g/mol. The minimum absolute atomic E-state index is 0.0531. The van der Waals surface area contributed by atoms with E-state index in [-0.39, 0.29) is 34.7 Å². The summed E-state index contributed by atoms with van der Waals surface area (Å²) in [6, 6.07) is 7.03. The fourth-order valence-corrected chi connectivity index (χ4v) is 3.88. The normalized spacial score (nSPS) is 17.8. The molecule has 0 radical (unpaired) electrons. The molecule has 1 amide bonds. The molecule has 1 atom stereocenters. The third-order valence-electron chi connectivity index (χ3n) is 5.73. The number of nitrogens with one attached hydrogen (secondary N) is 1. The Morgan fingerprint density at radius 2 is 1.91 bits per heavy atom. The molecule has 0 spiro atoms. The number of nitrogens with zero attached hydrogens (tertiary/aromatic N) is 5. The van der Waals surface area contributed by atoms with Gasteiger partial charge in [0, 0.05) is 5.56 Å². The van der Waals surface area contributed by atoms with E-state index in [1.54, 1.807) is 6.07 Å². The van der Waals surface area contributed by atoms with Gasteiger partial charge in [0.1, 0.15) is 29.0 Å². The number of anilines is 2. The number of rotatable bonds is 3. The quantitative estimate of drug-likeness (QED) is 0.439. The van der Waals surface area contributed by atoms with Crippen LogP contribution >= 0.6 is 0 Å².